The normalized spacial score (nSPS) is 11.8. The van der Waals surface area contributed by atoms with Gasteiger partial charge in [-0.2, -0.15) is 0 Å². The van der Waals surface area contributed by atoms with E-state index in [-0.39, 0.29) is 11.8 Å². The molecule has 0 saturated heterocycles. The molecule has 2 aromatic carbocycles. The SMILES string of the molecule is Cc1nc(S[C@H](C)C(=O)NNC(=O)c2ccccc2)c2ccccc2n1. The fraction of sp³-hybridized carbons (Fsp3) is 0.158. The second-order valence-electron chi connectivity index (χ2n) is 5.66. The second-order valence-corrected chi connectivity index (χ2v) is 6.99. The first kappa shape index (κ1) is 17.9. The molecule has 0 radical (unpaired) electrons. The third-order valence-corrected chi connectivity index (χ3v) is 4.77. The summed E-state index contributed by atoms with van der Waals surface area (Å²) in [6.45, 7) is 3.59. The summed E-state index contributed by atoms with van der Waals surface area (Å²) in [5, 5.41) is 1.20. The smallest absolute Gasteiger partial charge is 0.269 e. The summed E-state index contributed by atoms with van der Waals surface area (Å²) in [6.07, 6.45) is 0. The van der Waals surface area contributed by atoms with Gasteiger partial charge < -0.3 is 0 Å². The van der Waals surface area contributed by atoms with Crippen LogP contribution in [0.3, 0.4) is 0 Å². The number of aromatic nitrogens is 2. The Bertz CT molecular complexity index is 947. The Balaban J connectivity index is 1.66. The topological polar surface area (TPSA) is 84.0 Å². The average Bonchev–Trinajstić information content (AvgIpc) is 2.66. The Hall–Kier alpha value is -2.93. The molecule has 0 aliphatic rings. The van der Waals surface area contributed by atoms with Crippen LogP contribution in [0.1, 0.15) is 23.1 Å². The Kier molecular flexibility index (Phi) is 5.48. The van der Waals surface area contributed by atoms with E-state index in [0.717, 1.165) is 15.9 Å². The van der Waals surface area contributed by atoms with Crippen LogP contribution in [0, 0.1) is 6.92 Å². The Morgan fingerprint density at radius 3 is 2.42 bits per heavy atom. The highest BCUT2D eigenvalue weighted by Crippen LogP contribution is 2.28. The van der Waals surface area contributed by atoms with E-state index in [0.29, 0.717) is 11.4 Å². The number of thioether (sulfide) groups is 1. The minimum atomic E-state index is -0.441. The summed E-state index contributed by atoms with van der Waals surface area (Å²) >= 11 is 1.33. The van der Waals surface area contributed by atoms with Crippen molar-refractivity contribution in [3.05, 3.63) is 66.0 Å². The number of hydrazine groups is 1. The number of hydrogen-bond acceptors (Lipinski definition) is 5. The molecular formula is C19H18N4O2S. The van der Waals surface area contributed by atoms with Gasteiger partial charge in [-0.15, -0.1) is 0 Å². The van der Waals surface area contributed by atoms with E-state index in [1.54, 1.807) is 31.2 Å². The quantitative estimate of drug-likeness (QED) is 0.421. The molecule has 0 fully saturated rings. The third-order valence-electron chi connectivity index (χ3n) is 3.67. The van der Waals surface area contributed by atoms with Crippen LogP contribution in [-0.4, -0.2) is 27.0 Å². The molecule has 2 N–H and O–H groups in total. The summed E-state index contributed by atoms with van der Waals surface area (Å²) in [4.78, 5) is 33.2. The van der Waals surface area contributed by atoms with Crippen LogP contribution < -0.4 is 10.9 Å². The van der Waals surface area contributed by atoms with E-state index in [1.807, 2.05) is 37.3 Å². The molecule has 3 rings (SSSR count). The van der Waals surface area contributed by atoms with Gasteiger partial charge in [-0.05, 0) is 32.0 Å². The monoisotopic (exact) mass is 366 g/mol. The summed E-state index contributed by atoms with van der Waals surface area (Å²) < 4.78 is 0. The fourth-order valence-electron chi connectivity index (χ4n) is 2.35. The zero-order chi connectivity index (χ0) is 18.5. The first-order valence-electron chi connectivity index (χ1n) is 8.10. The van der Waals surface area contributed by atoms with Gasteiger partial charge in [-0.3, -0.25) is 20.4 Å². The number of nitrogens with zero attached hydrogens (tertiary/aromatic N) is 2. The number of hydrogen-bond donors (Lipinski definition) is 2. The molecule has 1 atom stereocenters. The van der Waals surface area contributed by atoms with Crippen LogP contribution >= 0.6 is 11.8 Å². The maximum Gasteiger partial charge on any atom is 0.269 e. The van der Waals surface area contributed by atoms with Gasteiger partial charge >= 0.3 is 0 Å². The maximum atomic E-state index is 12.3. The van der Waals surface area contributed by atoms with Crippen LogP contribution in [0.5, 0.6) is 0 Å². The lowest BCUT2D eigenvalue weighted by molar-refractivity contribution is -0.121. The minimum Gasteiger partial charge on any atom is -0.272 e. The molecule has 1 aromatic heterocycles. The Labute approximate surface area is 155 Å². The largest absolute Gasteiger partial charge is 0.272 e. The summed E-state index contributed by atoms with van der Waals surface area (Å²) in [5.41, 5.74) is 6.21. The van der Waals surface area contributed by atoms with Crippen molar-refractivity contribution in [3.63, 3.8) is 0 Å². The van der Waals surface area contributed by atoms with E-state index in [1.165, 1.54) is 11.8 Å². The molecule has 0 unspecified atom stereocenters. The first-order valence-corrected chi connectivity index (χ1v) is 8.98. The molecule has 3 aromatic rings. The van der Waals surface area contributed by atoms with Crippen molar-refractivity contribution in [1.82, 2.24) is 20.8 Å². The van der Waals surface area contributed by atoms with E-state index in [2.05, 4.69) is 20.8 Å². The summed E-state index contributed by atoms with van der Waals surface area (Å²) in [7, 11) is 0. The van der Waals surface area contributed by atoms with Crippen LogP contribution in [0.4, 0.5) is 0 Å². The van der Waals surface area contributed by atoms with Crippen LogP contribution in [0.2, 0.25) is 0 Å². The predicted molar refractivity (Wildman–Crippen MR) is 102 cm³/mol. The number of carbonyl (C=O) groups is 2. The van der Waals surface area contributed by atoms with Crippen molar-refractivity contribution in [3.8, 4) is 0 Å². The highest BCUT2D eigenvalue weighted by molar-refractivity contribution is 8.00. The van der Waals surface area contributed by atoms with Gasteiger partial charge in [0.05, 0.1) is 10.8 Å². The lowest BCUT2D eigenvalue weighted by atomic mass is 10.2. The number of carbonyl (C=O) groups excluding carboxylic acids is 2. The zero-order valence-corrected chi connectivity index (χ0v) is 15.2. The van der Waals surface area contributed by atoms with Gasteiger partial charge in [-0.1, -0.05) is 48.2 Å². The lowest BCUT2D eigenvalue weighted by Crippen LogP contribution is -2.44. The molecular weight excluding hydrogens is 348 g/mol. The molecule has 132 valence electrons. The molecule has 1 heterocycles. The lowest BCUT2D eigenvalue weighted by Gasteiger charge is -2.13. The first-order chi connectivity index (χ1) is 12.5. The molecule has 0 saturated carbocycles. The molecule has 0 aliphatic carbocycles. The maximum absolute atomic E-state index is 12.3. The van der Waals surface area contributed by atoms with Crippen molar-refractivity contribution >= 4 is 34.5 Å². The van der Waals surface area contributed by atoms with E-state index >= 15 is 0 Å². The standard InChI is InChI=1S/C19H18N4O2S/c1-12(17(24)22-23-18(25)14-8-4-3-5-9-14)26-19-15-10-6-7-11-16(15)20-13(2)21-19/h3-12H,1-2H3,(H,22,24)(H,23,25)/t12-/m1/s1. The van der Waals surface area contributed by atoms with E-state index < -0.39 is 5.25 Å². The zero-order valence-electron chi connectivity index (χ0n) is 14.4. The number of aryl methyl sites for hydroxylation is 1. The van der Waals surface area contributed by atoms with Crippen LogP contribution in [0.15, 0.2) is 59.6 Å². The van der Waals surface area contributed by atoms with Crippen molar-refractivity contribution in [2.75, 3.05) is 0 Å². The number of amides is 2. The Morgan fingerprint density at radius 2 is 1.65 bits per heavy atom. The Morgan fingerprint density at radius 1 is 0.962 bits per heavy atom. The van der Waals surface area contributed by atoms with Gasteiger partial charge in [0.25, 0.3) is 11.8 Å². The predicted octanol–water partition coefficient (Wildman–Crippen LogP) is 2.88. The van der Waals surface area contributed by atoms with Crippen LogP contribution in [-0.2, 0) is 4.79 Å². The second kappa shape index (κ2) is 7.97. The number of fused-ring (bicyclic) bond motifs is 1. The molecule has 0 bridgehead atoms. The van der Waals surface area contributed by atoms with Crippen molar-refractivity contribution < 1.29 is 9.59 Å². The number of nitrogens with one attached hydrogen (secondary N) is 2. The van der Waals surface area contributed by atoms with Crippen molar-refractivity contribution in [2.24, 2.45) is 0 Å². The number of para-hydroxylation sites is 1. The molecule has 6 nitrogen and oxygen atoms in total. The highest BCUT2D eigenvalue weighted by atomic mass is 32.2. The van der Waals surface area contributed by atoms with E-state index in [4.69, 9.17) is 0 Å². The van der Waals surface area contributed by atoms with Gasteiger partial charge in [0.1, 0.15) is 10.9 Å². The number of benzene rings is 2. The van der Waals surface area contributed by atoms with Crippen molar-refractivity contribution in [1.29, 1.82) is 0 Å². The summed E-state index contributed by atoms with van der Waals surface area (Å²) in [6, 6.07) is 16.4. The molecule has 0 spiro atoms. The average molecular weight is 366 g/mol. The fourth-order valence-corrected chi connectivity index (χ4v) is 3.34. The summed E-state index contributed by atoms with van der Waals surface area (Å²) in [5.74, 6) is -0.0182. The molecule has 0 aliphatic heterocycles. The molecule has 2 amide bonds. The van der Waals surface area contributed by atoms with Gasteiger partial charge in [-0.25, -0.2) is 9.97 Å². The van der Waals surface area contributed by atoms with Crippen LogP contribution in [0.25, 0.3) is 10.9 Å². The van der Waals surface area contributed by atoms with Gasteiger partial charge in [0, 0.05) is 10.9 Å². The van der Waals surface area contributed by atoms with Gasteiger partial charge in [0.15, 0.2) is 0 Å². The number of rotatable bonds is 4. The molecule has 7 heteroatoms. The van der Waals surface area contributed by atoms with Gasteiger partial charge in [0.2, 0.25) is 0 Å². The van der Waals surface area contributed by atoms with E-state index in [9.17, 15) is 9.59 Å². The molecule has 26 heavy (non-hydrogen) atoms. The minimum absolute atomic E-state index is 0.306. The third kappa shape index (κ3) is 4.18. The highest BCUT2D eigenvalue weighted by Gasteiger charge is 2.18. The van der Waals surface area contributed by atoms with Crippen molar-refractivity contribution in [2.45, 2.75) is 24.1 Å².